The molecule has 0 aromatic carbocycles. The van der Waals surface area contributed by atoms with Gasteiger partial charge in [-0.15, -0.1) is 0 Å². The Morgan fingerprint density at radius 2 is 0.557 bits per heavy atom. The third-order valence-corrected chi connectivity index (χ3v) is 13.3. The molecule has 406 valence electrons. The molecular formula is C64H114O6. The van der Waals surface area contributed by atoms with Crippen molar-refractivity contribution in [2.75, 3.05) is 13.2 Å². The predicted octanol–water partition coefficient (Wildman–Crippen LogP) is 20.4. The zero-order valence-corrected chi connectivity index (χ0v) is 46.5. The largest absolute Gasteiger partial charge is 0.462 e. The van der Waals surface area contributed by atoms with Crippen molar-refractivity contribution >= 4 is 17.9 Å². The number of esters is 3. The van der Waals surface area contributed by atoms with E-state index in [-0.39, 0.29) is 37.5 Å². The average molecular weight is 980 g/mol. The maximum atomic E-state index is 12.8. The van der Waals surface area contributed by atoms with Crippen LogP contribution < -0.4 is 0 Å². The minimum absolute atomic E-state index is 0.0929. The summed E-state index contributed by atoms with van der Waals surface area (Å²) in [5.74, 6) is -0.940. The molecule has 0 amide bonds. The highest BCUT2D eigenvalue weighted by Gasteiger charge is 2.19. The molecule has 0 heterocycles. The van der Waals surface area contributed by atoms with Crippen molar-refractivity contribution in [1.29, 1.82) is 0 Å². The number of ether oxygens (including phenoxy) is 3. The number of hydrogen-bond acceptors (Lipinski definition) is 6. The summed E-state index contributed by atoms with van der Waals surface area (Å²) in [6.45, 7) is 6.50. The maximum absolute atomic E-state index is 12.8. The normalized spacial score (nSPS) is 12.4. The quantitative estimate of drug-likeness (QED) is 0.0261. The molecule has 0 N–H and O–H groups in total. The first-order valence-electron chi connectivity index (χ1n) is 30.3. The van der Waals surface area contributed by atoms with Crippen LogP contribution in [0.3, 0.4) is 0 Å². The minimum atomic E-state index is -0.800. The van der Waals surface area contributed by atoms with Crippen molar-refractivity contribution in [3.05, 3.63) is 60.8 Å². The second-order valence-electron chi connectivity index (χ2n) is 20.2. The summed E-state index contributed by atoms with van der Waals surface area (Å²) in [4.78, 5) is 38.1. The van der Waals surface area contributed by atoms with Gasteiger partial charge in [0.1, 0.15) is 13.2 Å². The molecule has 0 rings (SSSR count). The van der Waals surface area contributed by atoms with E-state index in [1.807, 2.05) is 0 Å². The molecule has 0 aliphatic heterocycles. The lowest BCUT2D eigenvalue weighted by atomic mass is 10.0. The third-order valence-electron chi connectivity index (χ3n) is 13.3. The number of rotatable bonds is 55. The van der Waals surface area contributed by atoms with E-state index in [0.29, 0.717) is 19.3 Å². The molecular weight excluding hydrogens is 865 g/mol. The van der Waals surface area contributed by atoms with Crippen LogP contribution >= 0.6 is 0 Å². The lowest BCUT2D eigenvalue weighted by molar-refractivity contribution is -0.167. The third kappa shape index (κ3) is 56.0. The highest BCUT2D eigenvalue weighted by molar-refractivity contribution is 5.71. The van der Waals surface area contributed by atoms with Crippen LogP contribution in [0.5, 0.6) is 0 Å². The molecule has 6 heteroatoms. The predicted molar refractivity (Wildman–Crippen MR) is 302 cm³/mol. The van der Waals surface area contributed by atoms with E-state index in [2.05, 4.69) is 81.5 Å². The first kappa shape index (κ1) is 67.1. The molecule has 0 aromatic heterocycles. The fourth-order valence-corrected chi connectivity index (χ4v) is 8.78. The van der Waals surface area contributed by atoms with Gasteiger partial charge < -0.3 is 14.2 Å². The van der Waals surface area contributed by atoms with Crippen LogP contribution in [0.1, 0.15) is 310 Å². The average Bonchev–Trinajstić information content (AvgIpc) is 3.36. The van der Waals surface area contributed by atoms with E-state index < -0.39 is 6.10 Å². The summed E-state index contributed by atoms with van der Waals surface area (Å²) in [5, 5.41) is 0. The van der Waals surface area contributed by atoms with E-state index >= 15 is 0 Å². The zero-order valence-electron chi connectivity index (χ0n) is 46.5. The Bertz CT molecular complexity index is 1260. The molecule has 1 atom stereocenters. The number of allylic oxidation sites excluding steroid dienone is 10. The number of hydrogen-bond donors (Lipinski definition) is 0. The van der Waals surface area contributed by atoms with Gasteiger partial charge in [-0.2, -0.15) is 0 Å². The molecule has 70 heavy (non-hydrogen) atoms. The van der Waals surface area contributed by atoms with E-state index in [4.69, 9.17) is 14.2 Å². The Morgan fingerprint density at radius 3 is 0.857 bits per heavy atom. The Hall–Kier alpha value is -2.89. The first-order valence-corrected chi connectivity index (χ1v) is 30.3. The van der Waals surface area contributed by atoms with Crippen LogP contribution in [0, 0.1) is 0 Å². The van der Waals surface area contributed by atoms with Gasteiger partial charge in [0.2, 0.25) is 0 Å². The molecule has 0 aromatic rings. The summed E-state index contributed by atoms with van der Waals surface area (Å²) >= 11 is 0. The Labute approximate surface area is 434 Å². The van der Waals surface area contributed by atoms with Crippen LogP contribution in [0.4, 0.5) is 0 Å². The Balaban J connectivity index is 4.25. The number of carbonyl (C=O) groups is 3. The van der Waals surface area contributed by atoms with Gasteiger partial charge in [0.05, 0.1) is 0 Å². The van der Waals surface area contributed by atoms with Crippen LogP contribution in [-0.4, -0.2) is 37.2 Å². The summed E-state index contributed by atoms with van der Waals surface area (Å²) < 4.78 is 16.8. The Kier molecular flexibility index (Phi) is 56.3. The monoisotopic (exact) mass is 979 g/mol. The Morgan fingerprint density at radius 1 is 0.300 bits per heavy atom. The number of carbonyl (C=O) groups excluding carboxylic acids is 3. The van der Waals surface area contributed by atoms with Gasteiger partial charge in [-0.25, -0.2) is 0 Å². The van der Waals surface area contributed by atoms with E-state index in [0.717, 1.165) is 77.0 Å². The first-order chi connectivity index (χ1) is 34.5. The lowest BCUT2D eigenvalue weighted by Crippen LogP contribution is -2.30. The molecule has 0 saturated carbocycles. The molecule has 0 aliphatic carbocycles. The zero-order chi connectivity index (χ0) is 50.7. The van der Waals surface area contributed by atoms with Crippen LogP contribution in [-0.2, 0) is 28.6 Å². The highest BCUT2D eigenvalue weighted by Crippen LogP contribution is 2.17. The number of unbranched alkanes of at least 4 members (excludes halogenated alkanes) is 34. The van der Waals surface area contributed by atoms with Crippen molar-refractivity contribution in [1.82, 2.24) is 0 Å². The second-order valence-corrected chi connectivity index (χ2v) is 20.2. The van der Waals surface area contributed by atoms with Crippen molar-refractivity contribution in [3.63, 3.8) is 0 Å². The maximum Gasteiger partial charge on any atom is 0.306 e. The molecule has 0 aliphatic rings. The van der Waals surface area contributed by atoms with E-state index in [9.17, 15) is 14.4 Å². The standard InChI is InChI=1S/C64H114O6/c1-4-7-10-13-16-19-22-24-26-28-29-30-31-32-33-34-35-37-38-40-42-45-48-51-54-57-63(66)69-60-61(59-68-62(65)56-53-50-47-44-21-18-15-12-9-6-3)70-64(67)58-55-52-49-46-43-41-39-36-27-25-23-20-17-14-11-8-5-2/h8,11,17,20,25,27,39,41,46,49,61H,4-7,9-10,12-16,18-19,21-24,26,28-38,40,42-45,47-48,50-60H2,1-3H3/b11-8-,20-17-,27-25-,41-39-,49-46-. The van der Waals surface area contributed by atoms with Crippen molar-refractivity contribution in [2.45, 2.75) is 316 Å². The van der Waals surface area contributed by atoms with Crippen molar-refractivity contribution < 1.29 is 28.6 Å². The van der Waals surface area contributed by atoms with Gasteiger partial charge in [0.25, 0.3) is 0 Å². The van der Waals surface area contributed by atoms with Crippen LogP contribution in [0.2, 0.25) is 0 Å². The van der Waals surface area contributed by atoms with Gasteiger partial charge in [0, 0.05) is 19.3 Å². The molecule has 0 fully saturated rings. The van der Waals surface area contributed by atoms with Crippen molar-refractivity contribution in [2.24, 2.45) is 0 Å². The van der Waals surface area contributed by atoms with Gasteiger partial charge >= 0.3 is 17.9 Å². The molecule has 1 unspecified atom stereocenters. The van der Waals surface area contributed by atoms with Crippen LogP contribution in [0.15, 0.2) is 60.8 Å². The van der Waals surface area contributed by atoms with Gasteiger partial charge in [-0.1, -0.05) is 293 Å². The summed E-state index contributed by atoms with van der Waals surface area (Å²) in [6.07, 6.45) is 73.9. The van der Waals surface area contributed by atoms with Gasteiger partial charge in [-0.05, 0) is 57.8 Å². The van der Waals surface area contributed by atoms with Crippen LogP contribution in [0.25, 0.3) is 0 Å². The second kappa shape index (κ2) is 58.7. The molecule has 0 saturated heterocycles. The summed E-state index contributed by atoms with van der Waals surface area (Å²) in [7, 11) is 0. The van der Waals surface area contributed by atoms with Gasteiger partial charge in [-0.3, -0.25) is 14.4 Å². The summed E-state index contributed by atoms with van der Waals surface area (Å²) in [6, 6.07) is 0. The minimum Gasteiger partial charge on any atom is -0.462 e. The van der Waals surface area contributed by atoms with Gasteiger partial charge in [0.15, 0.2) is 6.10 Å². The SMILES string of the molecule is CC/C=C\C/C=C\C/C=C\C/C=C\C/C=C\CCCC(=O)OC(COC(=O)CCCCCCCCCCCC)COC(=O)CCCCCCCCCCCCCCCCCCCCCCCCCCC. The molecule has 0 bridgehead atoms. The highest BCUT2D eigenvalue weighted by atomic mass is 16.6. The van der Waals surface area contributed by atoms with E-state index in [1.165, 1.54) is 186 Å². The smallest absolute Gasteiger partial charge is 0.306 e. The van der Waals surface area contributed by atoms with Crippen molar-refractivity contribution in [3.8, 4) is 0 Å². The molecule has 0 radical (unpaired) electrons. The van der Waals surface area contributed by atoms with E-state index in [1.54, 1.807) is 0 Å². The topological polar surface area (TPSA) is 78.9 Å². The fourth-order valence-electron chi connectivity index (χ4n) is 8.78. The lowest BCUT2D eigenvalue weighted by Gasteiger charge is -2.18. The fraction of sp³-hybridized carbons (Fsp3) is 0.797. The molecule has 6 nitrogen and oxygen atoms in total. The summed E-state index contributed by atoms with van der Waals surface area (Å²) in [5.41, 5.74) is 0. The molecule has 0 spiro atoms.